The molecule has 1 rings (SSSR count). The monoisotopic (exact) mass is 332 g/mol. The van der Waals surface area contributed by atoms with Crippen molar-refractivity contribution in [2.75, 3.05) is 6.61 Å². The van der Waals surface area contributed by atoms with Crippen molar-refractivity contribution >= 4 is 13.6 Å². The van der Waals surface area contributed by atoms with E-state index in [-0.39, 0.29) is 0 Å². The van der Waals surface area contributed by atoms with E-state index < -0.39 is 0 Å². The van der Waals surface area contributed by atoms with E-state index >= 15 is 0 Å². The maximum atomic E-state index is 5.58. The minimum absolute atomic E-state index is 0.789. The molecule has 1 aromatic carbocycles. The third-order valence-corrected chi connectivity index (χ3v) is 1.99. The second-order valence-electron chi connectivity index (χ2n) is 3.34. The number of unbranched alkanes of at least 4 members (excludes halogenated alkanes) is 2. The first-order chi connectivity index (χ1) is 7.83. The van der Waals surface area contributed by atoms with E-state index in [4.69, 9.17) is 4.74 Å². The van der Waals surface area contributed by atoms with Gasteiger partial charge in [0, 0.05) is 5.75 Å². The van der Waals surface area contributed by atoms with E-state index in [0.29, 0.717) is 0 Å². The number of benzene rings is 1. The third-order valence-electron chi connectivity index (χ3n) is 1.99. The van der Waals surface area contributed by atoms with Crippen LogP contribution >= 0.6 is 13.6 Å². The van der Waals surface area contributed by atoms with Crippen LogP contribution in [0.2, 0.25) is 0 Å². The van der Waals surface area contributed by atoms with Crippen LogP contribution in [0.15, 0.2) is 30.9 Å². The molecule has 0 heterocycles. The predicted octanol–water partition coefficient (Wildman–Crippen LogP) is 4.37. The van der Waals surface area contributed by atoms with Gasteiger partial charge in [0.15, 0.2) is 0 Å². The molecule has 0 aliphatic rings. The number of allylic oxidation sites excluding steroid dienone is 1. The second-order valence-corrected chi connectivity index (χ2v) is 3.34. The van der Waals surface area contributed by atoms with E-state index in [0.717, 1.165) is 37.2 Å². The number of hydrogen-bond donors (Lipinski definition) is 0. The number of aryl methyl sites for hydroxylation is 1. The predicted molar refractivity (Wildman–Crippen MR) is 68.5 cm³/mol. The Kier molecular flexibility index (Phi) is 11.3. The van der Waals surface area contributed by atoms with Crippen LogP contribution in [0.3, 0.4) is 0 Å². The fourth-order valence-electron chi connectivity index (χ4n) is 1.23. The first kappa shape index (κ1) is 15.9. The van der Waals surface area contributed by atoms with E-state index in [9.17, 15) is 0 Å². The van der Waals surface area contributed by atoms with Gasteiger partial charge in [0.25, 0.3) is 0 Å². The summed E-state index contributed by atoms with van der Waals surface area (Å²) >= 11 is 4.25. The standard InChI is InChI=1S/C13H17O.BrH.Zn/c1-3-4-5-6-10-14-13-9-7-8-12(2)11-13;;/h3,7,9,11H,1,4-6,10H2,2H3;1H;/q-1;;+2/p-1. The van der Waals surface area contributed by atoms with Gasteiger partial charge in [-0.2, -0.15) is 17.7 Å². The molecule has 0 spiro atoms. The maximum absolute atomic E-state index is 5.58. The van der Waals surface area contributed by atoms with Crippen molar-refractivity contribution in [1.82, 2.24) is 0 Å². The average molecular weight is 335 g/mol. The molecule has 84 valence electrons. The van der Waals surface area contributed by atoms with Crippen molar-refractivity contribution in [3.63, 3.8) is 0 Å². The van der Waals surface area contributed by atoms with Gasteiger partial charge in [0.1, 0.15) is 0 Å². The fraction of sp³-hybridized carbons (Fsp3) is 0.385. The number of hydrogen-bond acceptors (Lipinski definition) is 1. The zero-order chi connectivity index (χ0) is 12.2. The van der Waals surface area contributed by atoms with E-state index in [2.05, 4.69) is 26.3 Å². The quantitative estimate of drug-likeness (QED) is 0.325. The van der Waals surface area contributed by atoms with Crippen molar-refractivity contribution in [3.8, 4) is 5.75 Å². The molecule has 0 bridgehead atoms. The molecule has 1 nitrogen and oxygen atoms in total. The van der Waals surface area contributed by atoms with Gasteiger partial charge in [-0.05, 0) is 19.3 Å². The van der Waals surface area contributed by atoms with Crippen LogP contribution in [0.1, 0.15) is 24.8 Å². The van der Waals surface area contributed by atoms with Gasteiger partial charge < -0.3 is 4.74 Å². The molecule has 0 fully saturated rings. The van der Waals surface area contributed by atoms with Crippen molar-refractivity contribution in [2.24, 2.45) is 0 Å². The average Bonchev–Trinajstić information content (AvgIpc) is 2.32. The molecule has 0 radical (unpaired) electrons. The SMILES string of the molecule is C=CCCCCOc1cc[c-]c(C)c1.[Zn+][Br]. The number of rotatable bonds is 6. The Morgan fingerprint density at radius 1 is 1.50 bits per heavy atom. The molecular weight excluding hydrogens is 317 g/mol. The summed E-state index contributed by atoms with van der Waals surface area (Å²) in [7, 11) is 0. The van der Waals surface area contributed by atoms with Gasteiger partial charge in [-0.15, -0.1) is 18.7 Å². The second kappa shape index (κ2) is 11.4. The van der Waals surface area contributed by atoms with Gasteiger partial charge in [0.2, 0.25) is 0 Å². The van der Waals surface area contributed by atoms with Crippen molar-refractivity contribution < 1.29 is 21.1 Å². The number of ether oxygens (including phenoxy) is 1. The molecule has 1 aromatic rings. The summed E-state index contributed by atoms with van der Waals surface area (Å²) in [4.78, 5) is 0. The van der Waals surface area contributed by atoms with Crippen LogP contribution < -0.4 is 4.74 Å². The van der Waals surface area contributed by atoms with Crippen LogP contribution in [0, 0.1) is 13.0 Å². The zero-order valence-electron chi connectivity index (χ0n) is 9.84. The summed E-state index contributed by atoms with van der Waals surface area (Å²) in [5.74, 6) is 0.944. The van der Waals surface area contributed by atoms with Crippen LogP contribution in [0.4, 0.5) is 0 Å². The molecule has 16 heavy (non-hydrogen) atoms. The topological polar surface area (TPSA) is 9.23 Å². The molecule has 0 aromatic heterocycles. The summed E-state index contributed by atoms with van der Waals surface area (Å²) in [6.45, 7) is 6.49. The van der Waals surface area contributed by atoms with Gasteiger partial charge in [-0.1, -0.05) is 13.0 Å². The molecule has 0 unspecified atom stereocenters. The minimum atomic E-state index is 0.789. The molecule has 0 saturated carbocycles. The Hall–Kier alpha value is -0.137. The van der Waals surface area contributed by atoms with Gasteiger partial charge >= 0.3 is 30.0 Å². The Labute approximate surface area is 115 Å². The Bertz CT molecular complexity index is 289. The summed E-state index contributed by atoms with van der Waals surface area (Å²) in [5.41, 5.74) is 1.12. The van der Waals surface area contributed by atoms with Crippen LogP contribution in [-0.4, -0.2) is 6.61 Å². The van der Waals surface area contributed by atoms with Crippen molar-refractivity contribution in [2.45, 2.75) is 26.2 Å². The summed E-state index contributed by atoms with van der Waals surface area (Å²) in [6.07, 6.45) is 5.26. The molecule has 3 heteroatoms. The third kappa shape index (κ3) is 8.07. The molecule has 0 N–H and O–H groups in total. The first-order valence-electron chi connectivity index (χ1n) is 5.31. The van der Waals surface area contributed by atoms with E-state index in [1.807, 2.05) is 31.2 Å². The summed E-state index contributed by atoms with van der Waals surface area (Å²) in [5, 5.41) is 0. The molecule has 0 aliphatic carbocycles. The first-order valence-corrected chi connectivity index (χ1v) is 12.3. The van der Waals surface area contributed by atoms with Crippen LogP contribution in [0.5, 0.6) is 5.75 Å². The molecule has 0 saturated heterocycles. The molecule has 0 aliphatic heterocycles. The summed E-state index contributed by atoms with van der Waals surface area (Å²) in [6, 6.07) is 8.94. The zero-order valence-corrected chi connectivity index (χ0v) is 14.4. The molecular formula is C13H17BrOZn. The van der Waals surface area contributed by atoms with Crippen molar-refractivity contribution in [3.05, 3.63) is 42.5 Å². The van der Waals surface area contributed by atoms with Gasteiger partial charge in [0.05, 0.1) is 6.61 Å². The van der Waals surface area contributed by atoms with E-state index in [1.165, 1.54) is 16.3 Å². The molecule has 0 atom stereocenters. The normalized spacial score (nSPS) is 9.00. The van der Waals surface area contributed by atoms with Gasteiger partial charge in [-0.25, -0.2) is 0 Å². The Balaban J connectivity index is 0.00000106. The van der Waals surface area contributed by atoms with Crippen molar-refractivity contribution in [1.29, 1.82) is 0 Å². The Morgan fingerprint density at radius 3 is 2.88 bits per heavy atom. The van der Waals surface area contributed by atoms with E-state index in [1.54, 1.807) is 0 Å². The Morgan fingerprint density at radius 2 is 2.25 bits per heavy atom. The summed E-state index contributed by atoms with van der Waals surface area (Å²) < 4.78 is 5.58. The van der Waals surface area contributed by atoms with Crippen LogP contribution in [0.25, 0.3) is 0 Å². The van der Waals surface area contributed by atoms with Crippen LogP contribution in [-0.2, 0) is 16.3 Å². The fourth-order valence-corrected chi connectivity index (χ4v) is 1.23. The van der Waals surface area contributed by atoms with Gasteiger partial charge in [-0.3, -0.25) is 0 Å². The molecule has 0 amide bonds. The number of halogens is 1.